The largest absolute Gasteiger partial charge is 0.505 e. The summed E-state index contributed by atoms with van der Waals surface area (Å²) in [5.74, 6) is 0.275. The summed E-state index contributed by atoms with van der Waals surface area (Å²) in [6, 6.07) is 4.44. The van der Waals surface area contributed by atoms with Crippen molar-refractivity contribution in [2.24, 2.45) is 0 Å². The monoisotopic (exact) mass is 390 g/mol. The molecular formula is C22H22N4O3. The van der Waals surface area contributed by atoms with Crippen LogP contribution in [0, 0.1) is 6.92 Å². The minimum atomic E-state index is 0.0384. The van der Waals surface area contributed by atoms with Crippen molar-refractivity contribution in [3.8, 4) is 23.2 Å². The maximum Gasteiger partial charge on any atom is 0.201 e. The summed E-state index contributed by atoms with van der Waals surface area (Å²) in [7, 11) is 0. The van der Waals surface area contributed by atoms with Crippen LogP contribution in [0.15, 0.2) is 42.5 Å². The molecule has 7 nitrogen and oxygen atoms in total. The van der Waals surface area contributed by atoms with Crippen LogP contribution >= 0.6 is 0 Å². The molecule has 2 unspecified atom stereocenters. The average Bonchev–Trinajstić information content (AvgIpc) is 3.33. The van der Waals surface area contributed by atoms with E-state index in [4.69, 9.17) is 0 Å². The Hall–Kier alpha value is -3.48. The second kappa shape index (κ2) is 5.53. The highest BCUT2D eigenvalue weighted by Crippen LogP contribution is 2.46. The summed E-state index contributed by atoms with van der Waals surface area (Å²) in [5, 5.41) is 32.3. The smallest absolute Gasteiger partial charge is 0.201 e. The minimum absolute atomic E-state index is 0.0384. The van der Waals surface area contributed by atoms with Gasteiger partial charge >= 0.3 is 0 Å². The Balaban J connectivity index is 1.41. The van der Waals surface area contributed by atoms with E-state index in [-0.39, 0.29) is 24.1 Å². The molecule has 6 rings (SSSR count). The highest BCUT2D eigenvalue weighted by Gasteiger charge is 2.46. The molecule has 0 spiro atoms. The number of aromatic nitrogens is 4. The standard InChI is InChI=1S/C22H22N4O3/c1-13-10-14(12-23-21(28)15-6-2-3-7-16(15)22(23)29)20(27)19(11-13)26-24-17-8-4-5-9-18(17)25(24)26/h2,4-6,8-11,17-18,27-29H,3,7,12H2,1H3. The predicted octanol–water partition coefficient (Wildman–Crippen LogP) is 3.54. The molecule has 2 atom stereocenters. The summed E-state index contributed by atoms with van der Waals surface area (Å²) >= 11 is 0. The number of hydrogen-bond acceptors (Lipinski definition) is 3. The van der Waals surface area contributed by atoms with E-state index in [9.17, 15) is 15.3 Å². The fourth-order valence-corrected chi connectivity index (χ4v) is 4.78. The summed E-state index contributed by atoms with van der Waals surface area (Å²) in [5.41, 5.74) is 3.81. The summed E-state index contributed by atoms with van der Waals surface area (Å²) in [6.45, 7) is 2.18. The highest BCUT2D eigenvalue weighted by atomic mass is 16.3. The molecule has 0 bridgehead atoms. The number of rotatable bonds is 3. The number of phenolic OH excluding ortho intramolecular Hbond substituents is 1. The Morgan fingerprint density at radius 3 is 2.41 bits per heavy atom. The third-order valence-corrected chi connectivity index (χ3v) is 6.23. The molecule has 3 aromatic rings. The van der Waals surface area contributed by atoms with E-state index in [1.54, 1.807) is 0 Å². The van der Waals surface area contributed by atoms with Gasteiger partial charge in [0.15, 0.2) is 5.88 Å². The van der Waals surface area contributed by atoms with Crippen molar-refractivity contribution in [1.82, 2.24) is 19.0 Å². The van der Waals surface area contributed by atoms with Crippen molar-refractivity contribution in [2.45, 2.75) is 38.4 Å². The summed E-state index contributed by atoms with van der Waals surface area (Å²) < 4.78 is 1.47. The van der Waals surface area contributed by atoms with Gasteiger partial charge in [-0.3, -0.25) is 4.57 Å². The fraction of sp³-hybridized carbons (Fsp3) is 0.273. The molecule has 0 amide bonds. The van der Waals surface area contributed by atoms with Crippen LogP contribution in [0.4, 0.5) is 0 Å². The van der Waals surface area contributed by atoms with Crippen LogP contribution in [-0.4, -0.2) is 34.3 Å². The van der Waals surface area contributed by atoms with E-state index in [0.29, 0.717) is 35.3 Å². The SMILES string of the molecule is Cc1cc(Cn2c(O)c3c(c2O)CCC=C3)c(O)c(-n2n3n2C2C=CC=CC23)c1. The molecule has 0 saturated heterocycles. The van der Waals surface area contributed by atoms with Gasteiger partial charge in [0.25, 0.3) is 0 Å². The molecule has 29 heavy (non-hydrogen) atoms. The van der Waals surface area contributed by atoms with Crippen LogP contribution in [0.2, 0.25) is 0 Å². The zero-order chi connectivity index (χ0) is 19.9. The number of benzene rings is 1. The van der Waals surface area contributed by atoms with Crippen molar-refractivity contribution in [3.63, 3.8) is 0 Å². The lowest BCUT2D eigenvalue weighted by Crippen LogP contribution is -2.26. The Labute approximate surface area is 167 Å². The Morgan fingerprint density at radius 2 is 1.72 bits per heavy atom. The third kappa shape index (κ3) is 2.12. The van der Waals surface area contributed by atoms with Crippen LogP contribution in [0.25, 0.3) is 11.8 Å². The van der Waals surface area contributed by atoms with Gasteiger partial charge in [0.2, 0.25) is 5.88 Å². The number of fused-ring (bicyclic) bond motifs is 5. The van der Waals surface area contributed by atoms with E-state index in [1.165, 1.54) is 4.57 Å². The number of aryl methyl sites for hydroxylation is 1. The maximum absolute atomic E-state index is 11.0. The molecule has 0 saturated carbocycles. The van der Waals surface area contributed by atoms with E-state index < -0.39 is 0 Å². The third-order valence-electron chi connectivity index (χ3n) is 6.23. The molecule has 3 aliphatic rings. The normalized spacial score (nSPS) is 21.1. The van der Waals surface area contributed by atoms with Crippen LogP contribution in [0.5, 0.6) is 17.5 Å². The maximum atomic E-state index is 11.0. The molecule has 0 fully saturated rings. The van der Waals surface area contributed by atoms with Crippen LogP contribution in [-0.2, 0) is 13.0 Å². The van der Waals surface area contributed by atoms with Gasteiger partial charge in [0.1, 0.15) is 23.5 Å². The molecular weight excluding hydrogens is 368 g/mol. The molecule has 2 aromatic heterocycles. The molecule has 7 heteroatoms. The van der Waals surface area contributed by atoms with Crippen molar-refractivity contribution >= 4 is 6.08 Å². The lowest BCUT2D eigenvalue weighted by molar-refractivity contribution is 0.314. The zero-order valence-electron chi connectivity index (χ0n) is 16.0. The van der Waals surface area contributed by atoms with Crippen molar-refractivity contribution in [2.75, 3.05) is 0 Å². The van der Waals surface area contributed by atoms with Gasteiger partial charge in [-0.1, -0.05) is 42.5 Å². The lowest BCUT2D eigenvalue weighted by Gasteiger charge is -2.25. The lowest BCUT2D eigenvalue weighted by atomic mass is 10.0. The first-order chi connectivity index (χ1) is 14.1. The van der Waals surface area contributed by atoms with Gasteiger partial charge in [0.05, 0.1) is 6.54 Å². The molecule has 148 valence electrons. The second-order valence-corrected chi connectivity index (χ2v) is 8.04. The predicted molar refractivity (Wildman–Crippen MR) is 109 cm³/mol. The van der Waals surface area contributed by atoms with Crippen molar-refractivity contribution in [1.29, 1.82) is 0 Å². The highest BCUT2D eigenvalue weighted by molar-refractivity contribution is 5.66. The first-order valence-corrected chi connectivity index (χ1v) is 9.92. The minimum Gasteiger partial charge on any atom is -0.505 e. The molecule has 2 aliphatic carbocycles. The van der Waals surface area contributed by atoms with Crippen molar-refractivity contribution in [3.05, 3.63) is 64.8 Å². The van der Waals surface area contributed by atoms with E-state index in [1.807, 2.05) is 48.2 Å². The molecule has 1 aromatic carbocycles. The van der Waals surface area contributed by atoms with Crippen molar-refractivity contribution < 1.29 is 15.3 Å². The van der Waals surface area contributed by atoms with Gasteiger partial charge in [-0.05, 0) is 31.4 Å². The van der Waals surface area contributed by atoms with E-state index in [0.717, 1.165) is 17.5 Å². The van der Waals surface area contributed by atoms with Crippen LogP contribution in [0.1, 0.15) is 40.8 Å². The molecule has 0 radical (unpaired) electrons. The van der Waals surface area contributed by atoms with Gasteiger partial charge in [-0.2, -0.15) is 14.4 Å². The van der Waals surface area contributed by atoms with E-state index in [2.05, 4.69) is 21.7 Å². The number of aromatic hydroxyl groups is 3. The average molecular weight is 390 g/mol. The first-order valence-electron chi connectivity index (χ1n) is 9.92. The second-order valence-electron chi connectivity index (χ2n) is 8.04. The quantitative estimate of drug-likeness (QED) is 0.640. The zero-order valence-corrected chi connectivity index (χ0v) is 16.0. The Kier molecular flexibility index (Phi) is 3.14. The number of phenols is 1. The van der Waals surface area contributed by atoms with Gasteiger partial charge in [0, 0.05) is 16.7 Å². The Bertz CT molecular complexity index is 1210. The van der Waals surface area contributed by atoms with Gasteiger partial charge < -0.3 is 15.3 Å². The summed E-state index contributed by atoms with van der Waals surface area (Å²) in [4.78, 5) is 6.21. The molecule has 1 aliphatic heterocycles. The van der Waals surface area contributed by atoms with Crippen LogP contribution < -0.4 is 0 Å². The molecule has 3 heterocycles. The molecule has 3 N–H and O–H groups in total. The topological polar surface area (TPSA) is 80.4 Å². The van der Waals surface area contributed by atoms with Gasteiger partial charge in [-0.15, -0.1) is 0 Å². The summed E-state index contributed by atoms with van der Waals surface area (Å²) in [6.07, 6.45) is 13.8. The van der Waals surface area contributed by atoms with E-state index >= 15 is 0 Å². The number of hydrogen-bond donors (Lipinski definition) is 3. The van der Waals surface area contributed by atoms with Gasteiger partial charge in [-0.25, -0.2) is 0 Å². The fourth-order valence-electron chi connectivity index (χ4n) is 4.78. The first kappa shape index (κ1) is 16.5. The number of nitrogens with zero attached hydrogens (tertiary/aromatic N) is 4. The Morgan fingerprint density at radius 1 is 1.00 bits per heavy atom. The number of allylic oxidation sites excluding steroid dienone is 5. The van der Waals surface area contributed by atoms with Crippen LogP contribution in [0.3, 0.4) is 0 Å².